The molecule has 1 fully saturated rings. The van der Waals surface area contributed by atoms with E-state index in [-0.39, 0.29) is 28.9 Å². The van der Waals surface area contributed by atoms with Crippen LogP contribution in [0.5, 0.6) is 0 Å². The predicted molar refractivity (Wildman–Crippen MR) is 110 cm³/mol. The van der Waals surface area contributed by atoms with Crippen LogP contribution in [0.2, 0.25) is 0 Å². The zero-order valence-corrected chi connectivity index (χ0v) is 17.6. The van der Waals surface area contributed by atoms with E-state index >= 15 is 0 Å². The number of likely N-dealkylation sites (tertiary alicyclic amines) is 1. The van der Waals surface area contributed by atoms with E-state index < -0.39 is 0 Å². The predicted octanol–water partition coefficient (Wildman–Crippen LogP) is 3.85. The minimum Gasteiger partial charge on any atom is -0.338 e. The second-order valence-electron chi connectivity index (χ2n) is 8.27. The van der Waals surface area contributed by atoms with Crippen LogP contribution in [0.25, 0.3) is 0 Å². The van der Waals surface area contributed by atoms with Gasteiger partial charge in [0.05, 0.1) is 15.4 Å². The zero-order chi connectivity index (χ0) is 19.9. The summed E-state index contributed by atoms with van der Waals surface area (Å²) in [6, 6.07) is 3.70. The van der Waals surface area contributed by atoms with Gasteiger partial charge in [0.2, 0.25) is 5.91 Å². The molecule has 6 nitrogen and oxygen atoms in total. The van der Waals surface area contributed by atoms with E-state index in [2.05, 4.69) is 24.1 Å². The molecule has 0 aromatic carbocycles. The monoisotopic (exact) mass is 417 g/mol. The summed E-state index contributed by atoms with van der Waals surface area (Å²) in [5.74, 6) is -0.0475. The van der Waals surface area contributed by atoms with Crippen LogP contribution >= 0.6 is 22.7 Å². The molecule has 0 atom stereocenters. The number of carbonyl (C=O) groups excluding carboxylic acids is 3. The molecule has 1 aliphatic carbocycles. The maximum Gasteiger partial charge on any atom is 0.263 e. The first kappa shape index (κ1) is 19.3. The number of Topliss-reactive ketones (excluding diaryl/α,β-unsaturated/α-hetero) is 1. The molecule has 4 rings (SSSR count). The highest BCUT2D eigenvalue weighted by Crippen LogP contribution is 2.38. The van der Waals surface area contributed by atoms with Crippen LogP contribution in [0.3, 0.4) is 0 Å². The number of ketones is 1. The van der Waals surface area contributed by atoms with Gasteiger partial charge in [-0.1, -0.05) is 31.3 Å². The van der Waals surface area contributed by atoms with E-state index in [1.165, 1.54) is 22.7 Å². The third-order valence-corrected chi connectivity index (χ3v) is 7.26. The Hall–Kier alpha value is -2.06. The number of carbonyl (C=O) groups is 3. The second kappa shape index (κ2) is 7.40. The lowest BCUT2D eigenvalue weighted by atomic mass is 9.78. The Kier molecular flexibility index (Phi) is 5.09. The molecule has 8 heteroatoms. The summed E-state index contributed by atoms with van der Waals surface area (Å²) in [6.45, 7) is 5.29. The van der Waals surface area contributed by atoms with Crippen LogP contribution in [0.4, 0.5) is 5.13 Å². The van der Waals surface area contributed by atoms with E-state index in [1.54, 1.807) is 0 Å². The standard InChI is InChI=1S/C20H23N3O3S2/c1-20(2)10-13-16(14(24)11-20)28-19(21-13)22-17(25)12-5-7-23(8-6-12)18(26)15-4-3-9-27-15/h3-4,9,12H,5-8,10-11H2,1-2H3,(H,21,22,25). The average molecular weight is 418 g/mol. The Morgan fingerprint density at radius 1 is 1.25 bits per heavy atom. The summed E-state index contributed by atoms with van der Waals surface area (Å²) in [7, 11) is 0. The zero-order valence-electron chi connectivity index (χ0n) is 16.0. The SMILES string of the molecule is CC1(C)CC(=O)c2sc(NC(=O)C3CCN(C(=O)c4cccs4)CC3)nc2C1. The number of anilines is 1. The first-order chi connectivity index (χ1) is 13.3. The van der Waals surface area contributed by atoms with Gasteiger partial charge in [-0.05, 0) is 36.1 Å². The van der Waals surface area contributed by atoms with E-state index in [1.807, 2.05) is 22.4 Å². The van der Waals surface area contributed by atoms with Crippen molar-refractivity contribution >= 4 is 45.4 Å². The number of hydrogen-bond donors (Lipinski definition) is 1. The van der Waals surface area contributed by atoms with Gasteiger partial charge >= 0.3 is 0 Å². The summed E-state index contributed by atoms with van der Waals surface area (Å²) in [4.78, 5) is 45.2. The van der Waals surface area contributed by atoms with Gasteiger partial charge in [-0.3, -0.25) is 14.4 Å². The van der Waals surface area contributed by atoms with Crippen molar-refractivity contribution in [1.29, 1.82) is 0 Å². The van der Waals surface area contributed by atoms with Gasteiger partial charge in [0, 0.05) is 25.4 Å². The maximum absolute atomic E-state index is 12.7. The van der Waals surface area contributed by atoms with Gasteiger partial charge in [-0.2, -0.15) is 0 Å². The molecule has 0 spiro atoms. The second-order valence-corrected chi connectivity index (χ2v) is 10.2. The number of nitrogens with zero attached hydrogens (tertiary/aromatic N) is 2. The largest absolute Gasteiger partial charge is 0.338 e. The Morgan fingerprint density at radius 2 is 2.00 bits per heavy atom. The quantitative estimate of drug-likeness (QED) is 0.823. The van der Waals surface area contributed by atoms with E-state index in [4.69, 9.17) is 0 Å². The van der Waals surface area contributed by atoms with Crippen molar-refractivity contribution in [3.05, 3.63) is 33.0 Å². The number of fused-ring (bicyclic) bond motifs is 1. The molecule has 3 heterocycles. The van der Waals surface area contributed by atoms with Crippen LogP contribution in [0.15, 0.2) is 17.5 Å². The summed E-state index contributed by atoms with van der Waals surface area (Å²) >= 11 is 2.73. The van der Waals surface area contributed by atoms with Gasteiger partial charge in [0.1, 0.15) is 0 Å². The van der Waals surface area contributed by atoms with Gasteiger partial charge < -0.3 is 10.2 Å². The van der Waals surface area contributed by atoms with E-state index in [0.717, 1.165) is 17.0 Å². The third-order valence-electron chi connectivity index (χ3n) is 5.35. The van der Waals surface area contributed by atoms with Crippen molar-refractivity contribution in [3.8, 4) is 0 Å². The van der Waals surface area contributed by atoms with E-state index in [0.29, 0.717) is 42.4 Å². The first-order valence-corrected chi connectivity index (χ1v) is 11.2. The van der Waals surface area contributed by atoms with Crippen molar-refractivity contribution < 1.29 is 14.4 Å². The molecule has 0 unspecified atom stereocenters. The Morgan fingerprint density at radius 3 is 2.68 bits per heavy atom. The van der Waals surface area contributed by atoms with Gasteiger partial charge in [0.25, 0.3) is 5.91 Å². The Labute approximate surface area is 172 Å². The number of amides is 2. The number of hydrogen-bond acceptors (Lipinski definition) is 6. The molecule has 1 saturated heterocycles. The molecule has 0 saturated carbocycles. The van der Waals surface area contributed by atoms with Gasteiger partial charge in [-0.15, -0.1) is 11.3 Å². The van der Waals surface area contributed by atoms with Gasteiger partial charge in [-0.25, -0.2) is 4.98 Å². The minimum absolute atomic E-state index is 0.0441. The fourth-order valence-corrected chi connectivity index (χ4v) is 5.50. The molecular formula is C20H23N3O3S2. The van der Waals surface area contributed by atoms with Crippen molar-refractivity contribution in [2.24, 2.45) is 11.3 Å². The molecule has 1 N–H and O–H groups in total. The lowest BCUT2D eigenvalue weighted by Crippen LogP contribution is -2.41. The van der Waals surface area contributed by atoms with E-state index in [9.17, 15) is 14.4 Å². The lowest BCUT2D eigenvalue weighted by molar-refractivity contribution is -0.121. The summed E-state index contributed by atoms with van der Waals surface area (Å²) < 4.78 is 0. The maximum atomic E-state index is 12.7. The highest BCUT2D eigenvalue weighted by Gasteiger charge is 2.35. The summed E-state index contributed by atoms with van der Waals surface area (Å²) in [5.41, 5.74) is 0.722. The number of piperidine rings is 1. The molecule has 0 bridgehead atoms. The van der Waals surface area contributed by atoms with Crippen LogP contribution in [-0.2, 0) is 11.2 Å². The molecule has 0 radical (unpaired) electrons. The molecule has 2 aliphatic rings. The topological polar surface area (TPSA) is 79.4 Å². The number of rotatable bonds is 3. The smallest absolute Gasteiger partial charge is 0.263 e. The van der Waals surface area contributed by atoms with Crippen molar-refractivity contribution in [2.75, 3.05) is 18.4 Å². The Balaban J connectivity index is 1.36. The third kappa shape index (κ3) is 3.89. The van der Waals surface area contributed by atoms with Crippen molar-refractivity contribution in [2.45, 2.75) is 39.5 Å². The number of thiophene rings is 1. The Bertz CT molecular complexity index is 909. The fourth-order valence-electron chi connectivity index (χ4n) is 3.88. The molecule has 148 valence electrons. The highest BCUT2D eigenvalue weighted by molar-refractivity contribution is 7.17. The number of nitrogens with one attached hydrogen (secondary N) is 1. The first-order valence-electron chi connectivity index (χ1n) is 9.49. The molecule has 1 aliphatic heterocycles. The molecule has 2 aromatic heterocycles. The normalized spacial score (nSPS) is 19.4. The molecule has 28 heavy (non-hydrogen) atoms. The minimum atomic E-state index is -0.138. The lowest BCUT2D eigenvalue weighted by Gasteiger charge is -2.30. The van der Waals surface area contributed by atoms with Crippen molar-refractivity contribution in [1.82, 2.24) is 9.88 Å². The molecule has 2 aromatic rings. The summed E-state index contributed by atoms with van der Waals surface area (Å²) in [5, 5.41) is 5.31. The van der Waals surface area contributed by atoms with Crippen LogP contribution < -0.4 is 5.32 Å². The molecular weight excluding hydrogens is 394 g/mol. The summed E-state index contributed by atoms with van der Waals surface area (Å²) in [6.07, 6.45) is 2.55. The number of thiazole rings is 1. The van der Waals surface area contributed by atoms with Crippen LogP contribution in [-0.4, -0.2) is 40.6 Å². The average Bonchev–Trinajstić information content (AvgIpc) is 3.30. The molecule has 2 amide bonds. The van der Waals surface area contributed by atoms with Crippen LogP contribution in [0.1, 0.15) is 58.1 Å². The van der Waals surface area contributed by atoms with Crippen LogP contribution in [0, 0.1) is 11.3 Å². The fraction of sp³-hybridized carbons (Fsp3) is 0.500. The number of aromatic nitrogens is 1. The van der Waals surface area contributed by atoms with Gasteiger partial charge in [0.15, 0.2) is 10.9 Å². The van der Waals surface area contributed by atoms with Crippen molar-refractivity contribution in [3.63, 3.8) is 0 Å². The highest BCUT2D eigenvalue weighted by atomic mass is 32.1.